The highest BCUT2D eigenvalue weighted by molar-refractivity contribution is 7.21. The summed E-state index contributed by atoms with van der Waals surface area (Å²) in [5, 5.41) is 14.3. The number of nitrogens with one attached hydrogen (secondary N) is 1. The number of thiophene rings is 1. The molecule has 170 valence electrons. The Bertz CT molecular complexity index is 1190. The third-order valence-corrected chi connectivity index (χ3v) is 7.36. The number of hydrogen-bond donors (Lipinski definition) is 2. The van der Waals surface area contributed by atoms with Gasteiger partial charge in [-0.15, -0.1) is 11.3 Å². The molecule has 33 heavy (non-hydrogen) atoms. The molecule has 4 aromatic rings. The number of aliphatic hydroxyl groups excluding tert-OH is 1. The fourth-order valence-corrected chi connectivity index (χ4v) is 5.24. The Labute approximate surface area is 198 Å². The Morgan fingerprint density at radius 3 is 2.48 bits per heavy atom. The zero-order valence-electron chi connectivity index (χ0n) is 18.8. The van der Waals surface area contributed by atoms with Crippen molar-refractivity contribution in [1.82, 2.24) is 19.8 Å². The van der Waals surface area contributed by atoms with Crippen LogP contribution in [0, 0.1) is 0 Å². The number of piperazine rings is 1. The van der Waals surface area contributed by atoms with Gasteiger partial charge in [0, 0.05) is 37.6 Å². The van der Waals surface area contributed by atoms with Crippen LogP contribution in [0.15, 0.2) is 67.0 Å². The summed E-state index contributed by atoms with van der Waals surface area (Å²) in [6.07, 6.45) is 1.59. The average Bonchev–Trinajstić information content (AvgIpc) is 3.30. The Morgan fingerprint density at radius 1 is 1.00 bits per heavy atom. The Balaban J connectivity index is 1.34. The summed E-state index contributed by atoms with van der Waals surface area (Å²) in [6.45, 7) is 5.52. The summed E-state index contributed by atoms with van der Waals surface area (Å²) in [4.78, 5) is 16.0. The van der Waals surface area contributed by atoms with Gasteiger partial charge in [-0.05, 0) is 29.8 Å². The molecule has 0 saturated carbocycles. The summed E-state index contributed by atoms with van der Waals surface area (Å²) in [5.74, 6) is 0.747. The highest BCUT2D eigenvalue weighted by atomic mass is 32.1. The second-order valence-corrected chi connectivity index (χ2v) is 9.65. The Hall–Kier alpha value is -2.84. The molecule has 0 bridgehead atoms. The van der Waals surface area contributed by atoms with E-state index in [1.807, 2.05) is 30.3 Å². The summed E-state index contributed by atoms with van der Waals surface area (Å²) in [6, 6.07) is 20.8. The molecule has 7 heteroatoms. The molecule has 1 fully saturated rings. The molecule has 0 radical (unpaired) electrons. The molecule has 2 aromatic heterocycles. The molecule has 1 aliphatic heterocycles. The molecule has 1 atom stereocenters. The molecule has 0 amide bonds. The van der Waals surface area contributed by atoms with Crippen LogP contribution in [0.5, 0.6) is 0 Å². The van der Waals surface area contributed by atoms with Crippen molar-refractivity contribution in [2.45, 2.75) is 12.6 Å². The van der Waals surface area contributed by atoms with Crippen LogP contribution in [0.2, 0.25) is 0 Å². The Morgan fingerprint density at radius 2 is 1.76 bits per heavy atom. The lowest BCUT2D eigenvalue weighted by molar-refractivity contribution is 0.148. The van der Waals surface area contributed by atoms with Crippen LogP contribution in [0.3, 0.4) is 0 Å². The number of hydrogen-bond acceptors (Lipinski definition) is 7. The first-order valence-electron chi connectivity index (χ1n) is 11.4. The van der Waals surface area contributed by atoms with Gasteiger partial charge in [-0.25, -0.2) is 9.97 Å². The topological polar surface area (TPSA) is 64.5 Å². The van der Waals surface area contributed by atoms with Gasteiger partial charge in [0.1, 0.15) is 17.0 Å². The predicted octanol–water partition coefficient (Wildman–Crippen LogP) is 4.25. The highest BCUT2D eigenvalue weighted by Crippen LogP contribution is 2.36. The van der Waals surface area contributed by atoms with Gasteiger partial charge in [0.2, 0.25) is 0 Å². The quantitative estimate of drug-likeness (QED) is 0.431. The number of aromatic nitrogens is 2. The number of nitrogens with zero attached hydrogens (tertiary/aromatic N) is 4. The van der Waals surface area contributed by atoms with Gasteiger partial charge in [0.15, 0.2) is 0 Å². The third-order valence-electron chi connectivity index (χ3n) is 6.27. The van der Waals surface area contributed by atoms with E-state index < -0.39 is 0 Å². The van der Waals surface area contributed by atoms with E-state index in [4.69, 9.17) is 0 Å². The van der Waals surface area contributed by atoms with E-state index in [0.717, 1.165) is 54.3 Å². The van der Waals surface area contributed by atoms with Gasteiger partial charge in [-0.1, -0.05) is 54.6 Å². The van der Waals surface area contributed by atoms with Crippen LogP contribution in [-0.2, 0) is 6.54 Å². The van der Waals surface area contributed by atoms with Crippen molar-refractivity contribution in [2.75, 3.05) is 45.2 Å². The molecule has 0 spiro atoms. The maximum atomic E-state index is 9.94. The van der Waals surface area contributed by atoms with Crippen molar-refractivity contribution in [3.63, 3.8) is 0 Å². The van der Waals surface area contributed by atoms with Crippen molar-refractivity contribution in [2.24, 2.45) is 0 Å². The first-order chi connectivity index (χ1) is 16.2. The van der Waals surface area contributed by atoms with Crippen LogP contribution in [0.4, 0.5) is 5.82 Å². The smallest absolute Gasteiger partial charge is 0.138 e. The highest BCUT2D eigenvalue weighted by Gasteiger charge is 2.16. The molecule has 3 heterocycles. The van der Waals surface area contributed by atoms with Gasteiger partial charge >= 0.3 is 0 Å². The first-order valence-corrected chi connectivity index (χ1v) is 12.2. The zero-order chi connectivity index (χ0) is 22.6. The van der Waals surface area contributed by atoms with Gasteiger partial charge in [0.25, 0.3) is 0 Å². The Kier molecular flexibility index (Phi) is 6.64. The molecule has 0 aliphatic carbocycles. The lowest BCUT2D eigenvalue weighted by Gasteiger charge is -2.32. The second-order valence-electron chi connectivity index (χ2n) is 8.62. The number of aliphatic hydroxyl groups is 1. The minimum Gasteiger partial charge on any atom is -0.394 e. The molecular weight excluding hydrogens is 430 g/mol. The molecule has 1 saturated heterocycles. The summed E-state index contributed by atoms with van der Waals surface area (Å²) in [7, 11) is 2.19. The lowest BCUT2D eigenvalue weighted by atomic mass is 10.1. The van der Waals surface area contributed by atoms with Crippen LogP contribution in [0.1, 0.15) is 17.2 Å². The number of anilines is 1. The fraction of sp³-hybridized carbons (Fsp3) is 0.308. The van der Waals surface area contributed by atoms with E-state index in [2.05, 4.69) is 62.5 Å². The van der Waals surface area contributed by atoms with Crippen LogP contribution in [0.25, 0.3) is 20.7 Å². The van der Waals surface area contributed by atoms with Gasteiger partial charge in [-0.3, -0.25) is 4.90 Å². The SMILES string of the molecule is CN1CCN(Cc2ccc(-c3cc4c(NC(CO)c5ccccc5)ncnc4s3)cc2)CC1. The van der Waals surface area contributed by atoms with Crippen molar-refractivity contribution in [1.29, 1.82) is 0 Å². The van der Waals surface area contributed by atoms with Crippen molar-refractivity contribution in [3.8, 4) is 10.4 Å². The normalized spacial score (nSPS) is 16.2. The van der Waals surface area contributed by atoms with Crippen molar-refractivity contribution < 1.29 is 5.11 Å². The maximum Gasteiger partial charge on any atom is 0.138 e. The summed E-state index contributed by atoms with van der Waals surface area (Å²) >= 11 is 1.67. The van der Waals surface area contributed by atoms with E-state index >= 15 is 0 Å². The number of fused-ring (bicyclic) bond motifs is 1. The summed E-state index contributed by atoms with van der Waals surface area (Å²) < 4.78 is 0. The van der Waals surface area contributed by atoms with Crippen molar-refractivity contribution in [3.05, 3.63) is 78.1 Å². The first kappa shape index (κ1) is 22.0. The van der Waals surface area contributed by atoms with Crippen LogP contribution >= 0.6 is 11.3 Å². The van der Waals surface area contributed by atoms with E-state index in [1.54, 1.807) is 17.7 Å². The van der Waals surface area contributed by atoms with E-state index in [1.165, 1.54) is 16.0 Å². The van der Waals surface area contributed by atoms with Crippen molar-refractivity contribution >= 4 is 27.4 Å². The van der Waals surface area contributed by atoms with Gasteiger partial charge < -0.3 is 15.3 Å². The molecular formula is C26H29N5OS. The van der Waals surface area contributed by atoms with Crippen LogP contribution in [-0.4, -0.2) is 64.7 Å². The molecule has 6 nitrogen and oxygen atoms in total. The molecule has 1 unspecified atom stereocenters. The maximum absolute atomic E-state index is 9.94. The standard InChI is InChI=1S/C26H29N5OS/c1-30-11-13-31(14-12-30)16-19-7-9-21(10-8-19)24-15-22-25(27-18-28-26(22)33-24)29-23(17-32)20-5-3-2-4-6-20/h2-10,15,18,23,32H,11-14,16-17H2,1H3,(H,27,28,29). The fourth-order valence-electron chi connectivity index (χ4n) is 4.24. The molecule has 2 aromatic carbocycles. The molecule has 1 aliphatic rings. The zero-order valence-corrected chi connectivity index (χ0v) is 19.6. The number of rotatable bonds is 7. The number of benzene rings is 2. The van der Waals surface area contributed by atoms with Gasteiger partial charge in [-0.2, -0.15) is 0 Å². The largest absolute Gasteiger partial charge is 0.394 e. The predicted molar refractivity (Wildman–Crippen MR) is 136 cm³/mol. The number of likely N-dealkylation sites (N-methyl/N-ethyl adjacent to an activating group) is 1. The average molecular weight is 460 g/mol. The second kappa shape index (κ2) is 9.97. The monoisotopic (exact) mass is 459 g/mol. The van der Waals surface area contributed by atoms with E-state index in [0.29, 0.717) is 0 Å². The summed E-state index contributed by atoms with van der Waals surface area (Å²) in [5.41, 5.74) is 3.56. The minimum atomic E-state index is -0.221. The van der Waals surface area contributed by atoms with Crippen LogP contribution < -0.4 is 5.32 Å². The van der Waals surface area contributed by atoms with E-state index in [-0.39, 0.29) is 12.6 Å². The lowest BCUT2D eigenvalue weighted by Crippen LogP contribution is -2.43. The third kappa shape index (κ3) is 5.07. The van der Waals surface area contributed by atoms with E-state index in [9.17, 15) is 5.11 Å². The minimum absolute atomic E-state index is 0.0126. The van der Waals surface area contributed by atoms with Gasteiger partial charge in [0.05, 0.1) is 18.0 Å². The molecule has 2 N–H and O–H groups in total. The molecule has 5 rings (SSSR count).